The number of amides is 2. The van der Waals surface area contributed by atoms with Crippen LogP contribution in [0, 0.1) is 0 Å². The quantitative estimate of drug-likeness (QED) is 0.865. The van der Waals surface area contributed by atoms with E-state index in [-0.39, 0.29) is 11.8 Å². The van der Waals surface area contributed by atoms with Crippen LogP contribution in [0.25, 0.3) is 0 Å². The van der Waals surface area contributed by atoms with Gasteiger partial charge in [-0.15, -0.1) is 0 Å². The van der Waals surface area contributed by atoms with Gasteiger partial charge in [-0.2, -0.15) is 0 Å². The summed E-state index contributed by atoms with van der Waals surface area (Å²) in [5.41, 5.74) is 0.639. The van der Waals surface area contributed by atoms with Crippen LogP contribution in [-0.2, 0) is 16.0 Å². The van der Waals surface area contributed by atoms with Crippen LogP contribution < -0.4 is 15.5 Å². The SMILES string of the molecule is O=C1CN(c2ccc(NC(=O)CCc3ccco3)cn2)CCN1. The molecule has 1 aliphatic heterocycles. The zero-order valence-electron chi connectivity index (χ0n) is 12.6. The third-order valence-corrected chi connectivity index (χ3v) is 3.57. The summed E-state index contributed by atoms with van der Waals surface area (Å²) in [5.74, 6) is 1.42. The molecule has 1 fully saturated rings. The Balaban J connectivity index is 1.52. The molecule has 7 heteroatoms. The summed E-state index contributed by atoms with van der Waals surface area (Å²) in [5, 5.41) is 5.57. The van der Waals surface area contributed by atoms with E-state index in [0.717, 1.165) is 18.1 Å². The Morgan fingerprint density at radius 1 is 1.39 bits per heavy atom. The second-order valence-corrected chi connectivity index (χ2v) is 5.30. The maximum Gasteiger partial charge on any atom is 0.239 e. The molecule has 1 aliphatic rings. The highest BCUT2D eigenvalue weighted by Gasteiger charge is 2.17. The lowest BCUT2D eigenvalue weighted by Crippen LogP contribution is -2.48. The third-order valence-electron chi connectivity index (χ3n) is 3.57. The van der Waals surface area contributed by atoms with Gasteiger partial charge in [-0.05, 0) is 24.3 Å². The van der Waals surface area contributed by atoms with E-state index in [1.54, 1.807) is 30.7 Å². The van der Waals surface area contributed by atoms with Gasteiger partial charge in [-0.3, -0.25) is 9.59 Å². The van der Waals surface area contributed by atoms with Crippen molar-refractivity contribution in [1.82, 2.24) is 10.3 Å². The summed E-state index contributed by atoms with van der Waals surface area (Å²) in [6, 6.07) is 7.25. The highest BCUT2D eigenvalue weighted by molar-refractivity contribution is 5.90. The van der Waals surface area contributed by atoms with E-state index >= 15 is 0 Å². The minimum Gasteiger partial charge on any atom is -0.469 e. The van der Waals surface area contributed by atoms with E-state index in [1.165, 1.54) is 0 Å². The number of aromatic nitrogens is 1. The van der Waals surface area contributed by atoms with Gasteiger partial charge in [0.2, 0.25) is 11.8 Å². The molecular weight excluding hydrogens is 296 g/mol. The van der Waals surface area contributed by atoms with E-state index < -0.39 is 0 Å². The summed E-state index contributed by atoms with van der Waals surface area (Å²) in [6.45, 7) is 1.65. The van der Waals surface area contributed by atoms with Gasteiger partial charge in [0.25, 0.3) is 0 Å². The lowest BCUT2D eigenvalue weighted by atomic mass is 10.2. The maximum atomic E-state index is 11.9. The van der Waals surface area contributed by atoms with Gasteiger partial charge in [0.15, 0.2) is 0 Å². The molecule has 120 valence electrons. The van der Waals surface area contributed by atoms with Crippen LogP contribution in [-0.4, -0.2) is 36.4 Å². The van der Waals surface area contributed by atoms with E-state index in [0.29, 0.717) is 31.6 Å². The van der Waals surface area contributed by atoms with E-state index in [4.69, 9.17) is 4.42 Å². The first kappa shape index (κ1) is 15.1. The highest BCUT2D eigenvalue weighted by atomic mass is 16.3. The van der Waals surface area contributed by atoms with Gasteiger partial charge in [0.1, 0.15) is 11.6 Å². The number of carbonyl (C=O) groups excluding carboxylic acids is 2. The van der Waals surface area contributed by atoms with Gasteiger partial charge in [-0.1, -0.05) is 0 Å². The number of nitrogens with zero attached hydrogens (tertiary/aromatic N) is 2. The Morgan fingerprint density at radius 2 is 2.30 bits per heavy atom. The maximum absolute atomic E-state index is 11.9. The van der Waals surface area contributed by atoms with Crippen molar-refractivity contribution in [1.29, 1.82) is 0 Å². The normalized spacial score (nSPS) is 14.4. The molecular formula is C16H18N4O3. The predicted molar refractivity (Wildman–Crippen MR) is 85.1 cm³/mol. The lowest BCUT2D eigenvalue weighted by molar-refractivity contribution is -0.120. The number of pyridine rings is 1. The van der Waals surface area contributed by atoms with Gasteiger partial charge < -0.3 is 20.0 Å². The van der Waals surface area contributed by atoms with Crippen molar-refractivity contribution >= 4 is 23.3 Å². The molecule has 0 radical (unpaired) electrons. The molecule has 2 aromatic heterocycles. The summed E-state index contributed by atoms with van der Waals surface area (Å²) < 4.78 is 5.20. The van der Waals surface area contributed by atoms with Crippen molar-refractivity contribution in [3.63, 3.8) is 0 Å². The molecule has 2 aromatic rings. The number of carbonyl (C=O) groups is 2. The molecule has 7 nitrogen and oxygen atoms in total. The second kappa shape index (κ2) is 6.95. The number of hydrogen-bond donors (Lipinski definition) is 2. The number of hydrogen-bond acceptors (Lipinski definition) is 5. The van der Waals surface area contributed by atoms with E-state index in [9.17, 15) is 9.59 Å². The first-order valence-electron chi connectivity index (χ1n) is 7.50. The largest absolute Gasteiger partial charge is 0.469 e. The number of aryl methyl sites for hydroxylation is 1. The third kappa shape index (κ3) is 4.09. The van der Waals surface area contributed by atoms with Crippen molar-refractivity contribution in [2.45, 2.75) is 12.8 Å². The summed E-state index contributed by atoms with van der Waals surface area (Å²) in [7, 11) is 0. The Bertz CT molecular complexity index is 667. The first-order valence-corrected chi connectivity index (χ1v) is 7.50. The van der Waals surface area contributed by atoms with Crippen molar-refractivity contribution < 1.29 is 14.0 Å². The number of piperazine rings is 1. The minimum atomic E-state index is -0.0895. The lowest BCUT2D eigenvalue weighted by Gasteiger charge is -2.27. The van der Waals surface area contributed by atoms with Gasteiger partial charge in [0.05, 0.1) is 24.7 Å². The van der Waals surface area contributed by atoms with Crippen LogP contribution in [0.5, 0.6) is 0 Å². The second-order valence-electron chi connectivity index (χ2n) is 5.30. The standard InChI is InChI=1S/C16H18N4O3/c21-15(6-4-13-2-1-9-23-13)19-12-3-5-14(18-10-12)20-8-7-17-16(22)11-20/h1-3,5,9-10H,4,6-8,11H2,(H,17,22)(H,19,21). The fraction of sp³-hybridized carbons (Fsp3) is 0.312. The van der Waals surface area contributed by atoms with Gasteiger partial charge in [0, 0.05) is 25.9 Å². The predicted octanol–water partition coefficient (Wildman–Crippen LogP) is 1.18. The number of nitrogens with one attached hydrogen (secondary N) is 2. The Kier molecular flexibility index (Phi) is 4.56. The zero-order chi connectivity index (χ0) is 16.1. The van der Waals surface area contributed by atoms with E-state index in [1.807, 2.05) is 11.0 Å². The first-order chi connectivity index (χ1) is 11.2. The molecule has 0 bridgehead atoms. The molecule has 0 spiro atoms. The average Bonchev–Trinajstić information content (AvgIpc) is 3.07. The molecule has 0 aromatic carbocycles. The number of anilines is 2. The van der Waals surface area contributed by atoms with Crippen LogP contribution in [0.15, 0.2) is 41.1 Å². The Morgan fingerprint density at radius 3 is 3.00 bits per heavy atom. The molecule has 0 unspecified atom stereocenters. The summed E-state index contributed by atoms with van der Waals surface area (Å²) in [4.78, 5) is 29.5. The zero-order valence-corrected chi connectivity index (χ0v) is 12.6. The van der Waals surface area contributed by atoms with Crippen molar-refractivity contribution in [2.75, 3.05) is 29.9 Å². The topological polar surface area (TPSA) is 87.5 Å². The van der Waals surface area contributed by atoms with Crippen molar-refractivity contribution in [2.24, 2.45) is 0 Å². The molecule has 2 amide bonds. The monoisotopic (exact) mass is 314 g/mol. The fourth-order valence-corrected chi connectivity index (χ4v) is 2.40. The molecule has 3 rings (SSSR count). The van der Waals surface area contributed by atoms with Gasteiger partial charge >= 0.3 is 0 Å². The molecule has 0 atom stereocenters. The minimum absolute atomic E-state index is 0.00615. The molecule has 23 heavy (non-hydrogen) atoms. The number of rotatable bonds is 5. The molecule has 2 N–H and O–H groups in total. The molecule has 0 saturated carbocycles. The van der Waals surface area contributed by atoms with Crippen LogP contribution in [0.3, 0.4) is 0 Å². The fourth-order valence-electron chi connectivity index (χ4n) is 2.40. The van der Waals surface area contributed by atoms with E-state index in [2.05, 4.69) is 15.6 Å². The Labute approximate surface area is 133 Å². The highest BCUT2D eigenvalue weighted by Crippen LogP contribution is 2.15. The summed E-state index contributed by atoms with van der Waals surface area (Å²) in [6.07, 6.45) is 4.11. The average molecular weight is 314 g/mol. The van der Waals surface area contributed by atoms with Crippen LogP contribution in [0.2, 0.25) is 0 Å². The van der Waals surface area contributed by atoms with Crippen LogP contribution in [0.4, 0.5) is 11.5 Å². The van der Waals surface area contributed by atoms with Crippen LogP contribution >= 0.6 is 0 Å². The molecule has 0 aliphatic carbocycles. The molecule has 1 saturated heterocycles. The Hall–Kier alpha value is -2.83. The van der Waals surface area contributed by atoms with Crippen molar-refractivity contribution in [3.05, 3.63) is 42.5 Å². The summed E-state index contributed by atoms with van der Waals surface area (Å²) >= 11 is 0. The van der Waals surface area contributed by atoms with Crippen LogP contribution in [0.1, 0.15) is 12.2 Å². The molecule has 3 heterocycles. The smallest absolute Gasteiger partial charge is 0.239 e. The number of furan rings is 1. The van der Waals surface area contributed by atoms with Gasteiger partial charge in [-0.25, -0.2) is 4.98 Å². The van der Waals surface area contributed by atoms with Crippen molar-refractivity contribution in [3.8, 4) is 0 Å².